The molecule has 0 fully saturated rings. The summed E-state index contributed by atoms with van der Waals surface area (Å²) in [6.07, 6.45) is 4.96. The van der Waals surface area contributed by atoms with Gasteiger partial charge in [-0.3, -0.25) is 14.3 Å². The van der Waals surface area contributed by atoms with Gasteiger partial charge in [0, 0.05) is 29.5 Å². The molecular formula is C23H18N4O. The highest BCUT2D eigenvalue weighted by atomic mass is 16.1. The Morgan fingerprint density at radius 1 is 0.929 bits per heavy atom. The van der Waals surface area contributed by atoms with Crippen molar-refractivity contribution in [1.82, 2.24) is 9.55 Å². The van der Waals surface area contributed by atoms with Crippen LogP contribution >= 0.6 is 0 Å². The monoisotopic (exact) mass is 366 g/mol. The van der Waals surface area contributed by atoms with Crippen LogP contribution in [-0.4, -0.2) is 15.3 Å². The molecule has 28 heavy (non-hydrogen) atoms. The maximum absolute atomic E-state index is 13.0. The lowest BCUT2D eigenvalue weighted by molar-refractivity contribution is 1.02. The number of hydrogen-bond donors (Lipinski definition) is 2. The van der Waals surface area contributed by atoms with E-state index >= 15 is 0 Å². The summed E-state index contributed by atoms with van der Waals surface area (Å²) < 4.78 is 1.49. The minimum Gasteiger partial charge on any atom is -0.341 e. The lowest BCUT2D eigenvalue weighted by Gasteiger charge is -2.15. The zero-order valence-corrected chi connectivity index (χ0v) is 15.0. The molecule has 0 atom stereocenters. The Labute approximate surface area is 162 Å². The van der Waals surface area contributed by atoms with E-state index in [1.165, 1.54) is 4.57 Å². The van der Waals surface area contributed by atoms with Crippen molar-refractivity contribution in [3.8, 4) is 0 Å². The zero-order chi connectivity index (χ0) is 19.3. The molecule has 5 nitrogen and oxygen atoms in total. The number of pyridine rings is 2. The second-order valence-corrected chi connectivity index (χ2v) is 6.23. The van der Waals surface area contributed by atoms with Crippen LogP contribution in [0.15, 0.2) is 102 Å². The summed E-state index contributed by atoms with van der Waals surface area (Å²) in [5.74, 6) is 0.484. The zero-order valence-electron chi connectivity index (χ0n) is 15.0. The molecule has 0 spiro atoms. The third-order valence-electron chi connectivity index (χ3n) is 4.34. The van der Waals surface area contributed by atoms with Crippen LogP contribution in [0.25, 0.3) is 16.7 Å². The van der Waals surface area contributed by atoms with Gasteiger partial charge in [0.05, 0.1) is 5.71 Å². The lowest BCUT2D eigenvalue weighted by atomic mass is 10.1. The highest BCUT2D eigenvalue weighted by Gasteiger charge is 2.10. The topological polar surface area (TPSA) is 70.8 Å². The third kappa shape index (κ3) is 3.59. The highest BCUT2D eigenvalue weighted by Crippen LogP contribution is 2.15. The van der Waals surface area contributed by atoms with E-state index in [0.29, 0.717) is 17.0 Å². The molecule has 0 amide bonds. The molecular weight excluding hydrogens is 348 g/mol. The Bertz CT molecular complexity index is 1210. The van der Waals surface area contributed by atoms with E-state index in [1.807, 2.05) is 72.8 Å². The van der Waals surface area contributed by atoms with Gasteiger partial charge in [-0.25, -0.2) is 0 Å². The van der Waals surface area contributed by atoms with Gasteiger partial charge in [0.25, 0.3) is 5.56 Å². The number of benzene rings is 2. The minimum atomic E-state index is -0.242. The van der Waals surface area contributed by atoms with Gasteiger partial charge in [-0.15, -0.1) is 0 Å². The third-order valence-corrected chi connectivity index (χ3v) is 4.34. The summed E-state index contributed by atoms with van der Waals surface area (Å²) in [6, 6.07) is 24.5. The first-order valence-electron chi connectivity index (χ1n) is 8.87. The summed E-state index contributed by atoms with van der Waals surface area (Å²) in [6.45, 7) is 0. The molecule has 0 bridgehead atoms. The fourth-order valence-corrected chi connectivity index (χ4v) is 2.93. The van der Waals surface area contributed by atoms with Crippen LogP contribution in [0.4, 0.5) is 5.69 Å². The normalized spacial score (nSPS) is 11.4. The maximum Gasteiger partial charge on any atom is 0.282 e. The molecule has 0 saturated carbocycles. The molecule has 0 aliphatic carbocycles. The second kappa shape index (κ2) is 7.72. The number of nitrogens with zero attached hydrogens (tertiary/aromatic N) is 2. The van der Waals surface area contributed by atoms with Crippen molar-refractivity contribution in [2.75, 3.05) is 5.32 Å². The molecule has 2 heterocycles. The van der Waals surface area contributed by atoms with Crippen LogP contribution < -0.4 is 10.9 Å². The van der Waals surface area contributed by atoms with E-state index in [4.69, 9.17) is 5.41 Å². The first-order valence-corrected chi connectivity index (χ1v) is 8.87. The number of anilines is 1. The first kappa shape index (κ1) is 17.4. The number of rotatable bonds is 5. The van der Waals surface area contributed by atoms with Gasteiger partial charge in [0.1, 0.15) is 11.3 Å². The van der Waals surface area contributed by atoms with Crippen LogP contribution in [-0.2, 0) is 0 Å². The molecule has 0 saturated heterocycles. The predicted molar refractivity (Wildman–Crippen MR) is 114 cm³/mol. The lowest BCUT2D eigenvalue weighted by Crippen LogP contribution is -2.23. The molecule has 0 unspecified atom stereocenters. The van der Waals surface area contributed by atoms with E-state index in [-0.39, 0.29) is 5.56 Å². The summed E-state index contributed by atoms with van der Waals surface area (Å²) in [7, 11) is 0. The van der Waals surface area contributed by atoms with Crippen molar-refractivity contribution in [2.45, 2.75) is 0 Å². The van der Waals surface area contributed by atoms with Crippen LogP contribution in [0, 0.1) is 5.41 Å². The molecule has 4 rings (SSSR count). The van der Waals surface area contributed by atoms with E-state index in [1.54, 1.807) is 24.5 Å². The average Bonchev–Trinajstić information content (AvgIpc) is 2.75. The standard InChI is InChI=1S/C23H18N4O/c24-20(17-8-3-1-4-9-17)16-21(26-19-11-5-2-6-12-19)27-15-13-18-10-7-14-25-22(18)23(27)28/h1-16,24,26H/b21-16+,24-20?. The molecule has 0 radical (unpaired) electrons. The molecule has 2 aromatic carbocycles. The van der Waals surface area contributed by atoms with Crippen molar-refractivity contribution < 1.29 is 0 Å². The fourth-order valence-electron chi connectivity index (χ4n) is 2.93. The summed E-state index contributed by atoms with van der Waals surface area (Å²) >= 11 is 0. The number of aromatic nitrogens is 2. The second-order valence-electron chi connectivity index (χ2n) is 6.23. The molecule has 136 valence electrons. The smallest absolute Gasteiger partial charge is 0.282 e. The molecule has 2 N–H and O–H groups in total. The Balaban J connectivity index is 1.83. The quantitative estimate of drug-likeness (QED) is 0.515. The van der Waals surface area contributed by atoms with Crippen molar-refractivity contribution in [3.63, 3.8) is 0 Å². The Morgan fingerprint density at radius 3 is 2.39 bits per heavy atom. The Hall–Kier alpha value is -3.99. The largest absolute Gasteiger partial charge is 0.341 e. The minimum absolute atomic E-state index is 0.242. The number of para-hydroxylation sites is 1. The fraction of sp³-hybridized carbons (Fsp3) is 0. The highest BCUT2D eigenvalue weighted by molar-refractivity contribution is 6.09. The van der Waals surface area contributed by atoms with Crippen molar-refractivity contribution >= 4 is 28.1 Å². The average molecular weight is 366 g/mol. The van der Waals surface area contributed by atoms with Gasteiger partial charge in [-0.2, -0.15) is 0 Å². The van der Waals surface area contributed by atoms with Gasteiger partial charge in [-0.1, -0.05) is 54.6 Å². The number of fused-ring (bicyclic) bond motifs is 1. The van der Waals surface area contributed by atoms with Gasteiger partial charge >= 0.3 is 0 Å². The van der Waals surface area contributed by atoms with E-state index in [2.05, 4.69) is 10.3 Å². The number of allylic oxidation sites excluding steroid dienone is 1. The molecule has 2 aromatic heterocycles. The van der Waals surface area contributed by atoms with E-state index in [0.717, 1.165) is 16.6 Å². The summed E-state index contributed by atoms with van der Waals surface area (Å²) in [4.78, 5) is 17.3. The summed E-state index contributed by atoms with van der Waals surface area (Å²) in [5.41, 5.74) is 2.03. The Morgan fingerprint density at radius 2 is 1.64 bits per heavy atom. The SMILES string of the molecule is N=C(/C=C(\Nc1ccccc1)n1ccc2cccnc2c1=O)c1ccccc1. The molecule has 0 aliphatic rings. The van der Waals surface area contributed by atoms with Crippen LogP contribution in [0.2, 0.25) is 0 Å². The Kier molecular flexibility index (Phi) is 4.80. The van der Waals surface area contributed by atoms with Crippen LogP contribution in [0.3, 0.4) is 0 Å². The number of hydrogen-bond acceptors (Lipinski definition) is 4. The van der Waals surface area contributed by atoms with Crippen molar-refractivity contribution in [1.29, 1.82) is 5.41 Å². The number of nitrogens with one attached hydrogen (secondary N) is 2. The van der Waals surface area contributed by atoms with E-state index in [9.17, 15) is 4.79 Å². The van der Waals surface area contributed by atoms with Gasteiger partial charge in [0.15, 0.2) is 0 Å². The van der Waals surface area contributed by atoms with Crippen LogP contribution in [0.1, 0.15) is 5.56 Å². The van der Waals surface area contributed by atoms with Crippen molar-refractivity contribution in [2.24, 2.45) is 0 Å². The van der Waals surface area contributed by atoms with Gasteiger partial charge in [0.2, 0.25) is 0 Å². The molecule has 0 aliphatic heterocycles. The van der Waals surface area contributed by atoms with Gasteiger partial charge in [-0.05, 0) is 29.8 Å². The van der Waals surface area contributed by atoms with Crippen molar-refractivity contribution in [3.05, 3.63) is 113 Å². The van der Waals surface area contributed by atoms with E-state index < -0.39 is 0 Å². The predicted octanol–water partition coefficient (Wildman–Crippen LogP) is 4.38. The maximum atomic E-state index is 13.0. The molecule has 4 aromatic rings. The molecule has 5 heteroatoms. The summed E-state index contributed by atoms with van der Waals surface area (Å²) in [5, 5.41) is 12.5. The van der Waals surface area contributed by atoms with Crippen LogP contribution in [0.5, 0.6) is 0 Å². The first-order chi connectivity index (χ1) is 13.7. The van der Waals surface area contributed by atoms with Gasteiger partial charge < -0.3 is 10.7 Å².